The minimum Gasteiger partial charge on any atom is -0.486 e. The maximum absolute atomic E-state index is 14.7. The van der Waals surface area contributed by atoms with Crippen LogP contribution in [-0.2, 0) is 0 Å². The number of hydrogen-bond donors (Lipinski definition) is 1. The number of rotatable bonds is 4. The third-order valence-corrected chi connectivity index (χ3v) is 6.01. The summed E-state index contributed by atoms with van der Waals surface area (Å²) in [5, 5.41) is 4.19. The van der Waals surface area contributed by atoms with Crippen molar-refractivity contribution in [3.63, 3.8) is 0 Å². The van der Waals surface area contributed by atoms with Crippen molar-refractivity contribution in [2.75, 3.05) is 23.9 Å². The number of fused-ring (bicyclic) bond motifs is 1. The van der Waals surface area contributed by atoms with Crippen LogP contribution in [0.2, 0.25) is 10.0 Å². The van der Waals surface area contributed by atoms with Gasteiger partial charge in [-0.1, -0.05) is 29.3 Å². The second kappa shape index (κ2) is 8.53. The number of ether oxygens (including phenoxy) is 1. The Hall–Kier alpha value is -3.36. The Morgan fingerprint density at radius 3 is 2.73 bits per heavy atom. The lowest BCUT2D eigenvalue weighted by Gasteiger charge is -2.35. The van der Waals surface area contributed by atoms with E-state index in [0.717, 1.165) is 11.3 Å². The molecule has 168 valence electrons. The molecule has 7 nitrogen and oxygen atoms in total. The summed E-state index contributed by atoms with van der Waals surface area (Å²) >= 11 is 12.5. The molecule has 0 radical (unpaired) electrons. The molecule has 0 saturated heterocycles. The predicted octanol–water partition coefficient (Wildman–Crippen LogP) is 5.73. The fourth-order valence-electron chi connectivity index (χ4n) is 3.75. The van der Waals surface area contributed by atoms with Crippen LogP contribution in [0.3, 0.4) is 0 Å². The molecule has 1 N–H and O–H groups in total. The van der Waals surface area contributed by atoms with Gasteiger partial charge in [-0.3, -0.25) is 0 Å². The van der Waals surface area contributed by atoms with Gasteiger partial charge in [0.15, 0.2) is 11.6 Å². The smallest absolute Gasteiger partial charge is 0.229 e. The number of nitrogens with zero attached hydrogens (tertiary/aromatic N) is 5. The lowest BCUT2D eigenvalue weighted by molar-refractivity contribution is 0.265. The summed E-state index contributed by atoms with van der Waals surface area (Å²) in [6, 6.07) is 10.1. The molecule has 0 bridgehead atoms. The number of anilines is 3. The molecule has 4 aromatic rings. The number of imidazole rings is 1. The second-order valence-corrected chi connectivity index (χ2v) is 8.54. The molecule has 0 saturated carbocycles. The summed E-state index contributed by atoms with van der Waals surface area (Å²) in [7, 11) is 1.91. The molecule has 2 aromatic carbocycles. The molecule has 0 spiro atoms. The average molecular weight is 485 g/mol. The molecular formula is C23H19Cl2FN6O. The molecule has 0 amide bonds. The van der Waals surface area contributed by atoms with Crippen LogP contribution in [-0.4, -0.2) is 33.2 Å². The Kier molecular flexibility index (Phi) is 5.55. The van der Waals surface area contributed by atoms with Crippen molar-refractivity contribution >= 4 is 40.7 Å². The van der Waals surface area contributed by atoms with E-state index in [0.29, 0.717) is 45.5 Å². The number of benzene rings is 2. The van der Waals surface area contributed by atoms with Crippen LogP contribution in [0.1, 0.15) is 17.3 Å². The van der Waals surface area contributed by atoms with Gasteiger partial charge in [-0.15, -0.1) is 0 Å². The van der Waals surface area contributed by atoms with Crippen LogP contribution in [0, 0.1) is 12.7 Å². The molecule has 0 aliphatic carbocycles. The van der Waals surface area contributed by atoms with Crippen LogP contribution < -0.4 is 15.0 Å². The SMILES string of the molecule is Cc1cn(-c2ccc(Nc3ncc4c(n3)N(C)C(c3ccc(Cl)cc3Cl)CO4)cc2F)cn1. The predicted molar refractivity (Wildman–Crippen MR) is 127 cm³/mol. The first kappa shape index (κ1) is 21.5. The van der Waals surface area contributed by atoms with Crippen molar-refractivity contribution in [3.05, 3.63) is 82.2 Å². The summed E-state index contributed by atoms with van der Waals surface area (Å²) in [4.78, 5) is 15.0. The monoisotopic (exact) mass is 484 g/mol. The first-order valence-corrected chi connectivity index (χ1v) is 10.9. The Labute approximate surface area is 199 Å². The number of aromatic nitrogens is 4. The molecule has 33 heavy (non-hydrogen) atoms. The Morgan fingerprint density at radius 2 is 2.00 bits per heavy atom. The zero-order valence-corrected chi connectivity index (χ0v) is 19.3. The van der Waals surface area contributed by atoms with Gasteiger partial charge in [-0.05, 0) is 42.8 Å². The molecule has 3 heterocycles. The Morgan fingerprint density at radius 1 is 1.15 bits per heavy atom. The molecule has 1 aliphatic heterocycles. The first-order chi connectivity index (χ1) is 15.9. The zero-order valence-electron chi connectivity index (χ0n) is 17.8. The van der Waals surface area contributed by atoms with Crippen LogP contribution in [0.15, 0.2) is 55.1 Å². The van der Waals surface area contributed by atoms with E-state index in [4.69, 9.17) is 27.9 Å². The zero-order chi connectivity index (χ0) is 23.1. The van der Waals surface area contributed by atoms with E-state index < -0.39 is 5.82 Å². The van der Waals surface area contributed by atoms with Gasteiger partial charge in [0.25, 0.3) is 0 Å². The van der Waals surface area contributed by atoms with E-state index in [-0.39, 0.29) is 6.04 Å². The van der Waals surface area contributed by atoms with Crippen LogP contribution >= 0.6 is 23.2 Å². The number of aryl methyl sites for hydroxylation is 1. The number of likely N-dealkylation sites (N-methyl/N-ethyl adjacent to an activating group) is 1. The van der Waals surface area contributed by atoms with Gasteiger partial charge < -0.3 is 19.5 Å². The molecule has 10 heteroatoms. The van der Waals surface area contributed by atoms with Gasteiger partial charge in [-0.25, -0.2) is 14.4 Å². The molecular weight excluding hydrogens is 466 g/mol. The van der Waals surface area contributed by atoms with Gasteiger partial charge in [0.05, 0.1) is 29.9 Å². The fraction of sp³-hybridized carbons (Fsp3) is 0.174. The third-order valence-electron chi connectivity index (χ3n) is 5.45. The molecule has 1 aliphatic rings. The summed E-state index contributed by atoms with van der Waals surface area (Å²) in [5.41, 5.74) is 2.62. The van der Waals surface area contributed by atoms with E-state index in [1.807, 2.05) is 24.9 Å². The van der Waals surface area contributed by atoms with Crippen LogP contribution in [0.5, 0.6) is 5.75 Å². The quantitative estimate of drug-likeness (QED) is 0.398. The van der Waals surface area contributed by atoms with E-state index in [1.165, 1.54) is 6.07 Å². The lowest BCUT2D eigenvalue weighted by atomic mass is 10.1. The maximum atomic E-state index is 14.7. The van der Waals surface area contributed by atoms with Crippen molar-refractivity contribution in [2.24, 2.45) is 0 Å². The van der Waals surface area contributed by atoms with E-state index in [9.17, 15) is 4.39 Å². The molecule has 1 unspecified atom stereocenters. The summed E-state index contributed by atoms with van der Waals surface area (Å²) in [5.74, 6) is 1.08. The molecule has 1 atom stereocenters. The number of nitrogens with one attached hydrogen (secondary N) is 1. The van der Waals surface area contributed by atoms with Gasteiger partial charge >= 0.3 is 0 Å². The van der Waals surface area contributed by atoms with Crippen LogP contribution in [0.25, 0.3) is 5.69 Å². The van der Waals surface area contributed by atoms with Crippen molar-refractivity contribution in [2.45, 2.75) is 13.0 Å². The highest BCUT2D eigenvalue weighted by molar-refractivity contribution is 6.35. The van der Waals surface area contributed by atoms with Crippen molar-refractivity contribution in [1.82, 2.24) is 19.5 Å². The summed E-state index contributed by atoms with van der Waals surface area (Å²) < 4.78 is 22.2. The second-order valence-electron chi connectivity index (χ2n) is 7.70. The third kappa shape index (κ3) is 4.19. The van der Waals surface area contributed by atoms with Crippen molar-refractivity contribution < 1.29 is 9.13 Å². The van der Waals surface area contributed by atoms with Gasteiger partial charge in [-0.2, -0.15) is 4.98 Å². The highest BCUT2D eigenvalue weighted by atomic mass is 35.5. The summed E-state index contributed by atoms with van der Waals surface area (Å²) in [6.07, 6.45) is 4.93. The minimum atomic E-state index is -0.395. The maximum Gasteiger partial charge on any atom is 0.229 e. The highest BCUT2D eigenvalue weighted by Crippen LogP contribution is 2.39. The molecule has 0 fully saturated rings. The van der Waals surface area contributed by atoms with E-state index in [1.54, 1.807) is 47.6 Å². The highest BCUT2D eigenvalue weighted by Gasteiger charge is 2.29. The fourth-order valence-corrected chi connectivity index (χ4v) is 4.29. The van der Waals surface area contributed by atoms with Gasteiger partial charge in [0.1, 0.15) is 12.4 Å². The Bertz CT molecular complexity index is 1340. The number of halogens is 3. The van der Waals surface area contributed by atoms with E-state index >= 15 is 0 Å². The number of hydrogen-bond acceptors (Lipinski definition) is 6. The lowest BCUT2D eigenvalue weighted by Crippen LogP contribution is -2.34. The average Bonchev–Trinajstić information content (AvgIpc) is 3.21. The van der Waals surface area contributed by atoms with Gasteiger partial charge in [0, 0.05) is 29.0 Å². The van der Waals surface area contributed by atoms with Gasteiger partial charge in [0.2, 0.25) is 5.95 Å². The first-order valence-electron chi connectivity index (χ1n) is 10.1. The standard InChI is InChI=1S/C23H19Cl2FN6O/c1-13-10-32(12-28-13)19-6-4-15(8-18(19)26)29-23-27-9-21-22(30-23)31(2)20(11-33-21)16-5-3-14(24)7-17(16)25/h3-10,12,20H,11H2,1-2H3,(H,27,29,30). The Balaban J connectivity index is 1.40. The van der Waals surface area contributed by atoms with E-state index in [2.05, 4.69) is 20.3 Å². The topological polar surface area (TPSA) is 68.1 Å². The normalized spacial score (nSPS) is 15.2. The minimum absolute atomic E-state index is 0.152. The van der Waals surface area contributed by atoms with Crippen molar-refractivity contribution in [1.29, 1.82) is 0 Å². The largest absolute Gasteiger partial charge is 0.486 e. The van der Waals surface area contributed by atoms with Crippen LogP contribution in [0.4, 0.5) is 21.8 Å². The summed E-state index contributed by atoms with van der Waals surface area (Å²) in [6.45, 7) is 2.24. The molecule has 5 rings (SSSR count). The van der Waals surface area contributed by atoms with Crippen molar-refractivity contribution in [3.8, 4) is 11.4 Å². The molecule has 2 aromatic heterocycles.